The molecule has 20 heavy (non-hydrogen) atoms. The van der Waals surface area contributed by atoms with E-state index in [-0.39, 0.29) is 17.3 Å². The van der Waals surface area contributed by atoms with Gasteiger partial charge in [-0.05, 0) is 31.9 Å². The lowest BCUT2D eigenvalue weighted by Crippen LogP contribution is -2.30. The highest BCUT2D eigenvalue weighted by molar-refractivity contribution is 6.20. The Labute approximate surface area is 122 Å². The summed E-state index contributed by atoms with van der Waals surface area (Å²) in [4.78, 5) is 20.4. The van der Waals surface area contributed by atoms with Crippen LogP contribution in [0.5, 0.6) is 0 Å². The van der Waals surface area contributed by atoms with Crippen LogP contribution < -0.4 is 5.32 Å². The predicted octanol–water partition coefficient (Wildman–Crippen LogP) is 2.32. The van der Waals surface area contributed by atoms with Crippen LogP contribution in [0.1, 0.15) is 36.5 Å². The first-order valence-electron chi connectivity index (χ1n) is 6.81. The van der Waals surface area contributed by atoms with Crippen molar-refractivity contribution in [2.45, 2.75) is 44.7 Å². The standard InChI is InChI=1S/C14H17ClN4O/c1-8-5-11-14(16-6-8)19(13(18-11)9(2)15)7-10-3-4-12(20)17-10/h5-6,9-10H,3-4,7H2,1-2H3,(H,17,20). The number of hydrogen-bond donors (Lipinski definition) is 1. The molecule has 2 aromatic rings. The Kier molecular flexibility index (Phi) is 3.38. The molecule has 2 unspecified atom stereocenters. The van der Waals surface area contributed by atoms with Gasteiger partial charge in [0.25, 0.3) is 0 Å². The zero-order chi connectivity index (χ0) is 14.3. The molecule has 1 aliphatic rings. The van der Waals surface area contributed by atoms with E-state index in [4.69, 9.17) is 11.6 Å². The average molecular weight is 293 g/mol. The number of amides is 1. The second kappa shape index (κ2) is 5.05. The molecule has 6 heteroatoms. The molecule has 1 fully saturated rings. The lowest BCUT2D eigenvalue weighted by Gasteiger charge is -2.14. The Balaban J connectivity index is 2.02. The number of alkyl halides is 1. The molecule has 2 atom stereocenters. The van der Waals surface area contributed by atoms with Crippen molar-refractivity contribution in [3.63, 3.8) is 0 Å². The summed E-state index contributed by atoms with van der Waals surface area (Å²) in [5.41, 5.74) is 2.76. The zero-order valence-electron chi connectivity index (χ0n) is 11.6. The second-order valence-electron chi connectivity index (χ2n) is 5.36. The van der Waals surface area contributed by atoms with Gasteiger partial charge in [-0.2, -0.15) is 0 Å². The van der Waals surface area contributed by atoms with E-state index < -0.39 is 0 Å². The number of aromatic nitrogens is 3. The van der Waals surface area contributed by atoms with Crippen LogP contribution in [0, 0.1) is 6.92 Å². The Hall–Kier alpha value is -1.62. The van der Waals surface area contributed by atoms with Gasteiger partial charge < -0.3 is 9.88 Å². The largest absolute Gasteiger partial charge is 0.352 e. The maximum absolute atomic E-state index is 11.3. The van der Waals surface area contributed by atoms with Crippen LogP contribution in [-0.4, -0.2) is 26.5 Å². The van der Waals surface area contributed by atoms with Crippen molar-refractivity contribution in [3.05, 3.63) is 23.7 Å². The SMILES string of the molecule is Cc1cnc2c(c1)nc(C(C)Cl)n2CC1CCC(=O)N1. The number of imidazole rings is 1. The van der Waals surface area contributed by atoms with Gasteiger partial charge in [-0.1, -0.05) is 0 Å². The Bertz CT molecular complexity index is 664. The van der Waals surface area contributed by atoms with Crippen molar-refractivity contribution in [2.24, 2.45) is 0 Å². The van der Waals surface area contributed by atoms with Gasteiger partial charge in [0.1, 0.15) is 11.3 Å². The van der Waals surface area contributed by atoms with E-state index in [1.54, 1.807) is 0 Å². The Morgan fingerprint density at radius 2 is 2.40 bits per heavy atom. The van der Waals surface area contributed by atoms with Gasteiger partial charge in [-0.3, -0.25) is 4.79 Å². The van der Waals surface area contributed by atoms with Crippen LogP contribution in [0.3, 0.4) is 0 Å². The lowest BCUT2D eigenvalue weighted by molar-refractivity contribution is -0.119. The minimum Gasteiger partial charge on any atom is -0.352 e. The summed E-state index contributed by atoms with van der Waals surface area (Å²) >= 11 is 6.24. The second-order valence-corrected chi connectivity index (χ2v) is 6.01. The topological polar surface area (TPSA) is 59.8 Å². The van der Waals surface area contributed by atoms with E-state index in [0.717, 1.165) is 29.0 Å². The molecule has 0 aliphatic carbocycles. The van der Waals surface area contributed by atoms with Crippen LogP contribution >= 0.6 is 11.6 Å². The first kappa shape index (κ1) is 13.4. The number of rotatable bonds is 3. The molecule has 3 rings (SSSR count). The van der Waals surface area contributed by atoms with E-state index in [9.17, 15) is 4.79 Å². The summed E-state index contributed by atoms with van der Waals surface area (Å²) in [6.45, 7) is 4.57. The summed E-state index contributed by atoms with van der Waals surface area (Å²) < 4.78 is 2.03. The normalized spacial score (nSPS) is 20.4. The first-order valence-corrected chi connectivity index (χ1v) is 7.24. The molecule has 0 aromatic carbocycles. The third-order valence-corrected chi connectivity index (χ3v) is 3.79. The predicted molar refractivity (Wildman–Crippen MR) is 77.7 cm³/mol. The molecular weight excluding hydrogens is 276 g/mol. The summed E-state index contributed by atoms with van der Waals surface area (Å²) in [5.74, 6) is 0.921. The average Bonchev–Trinajstić information content (AvgIpc) is 2.94. The fraction of sp³-hybridized carbons (Fsp3) is 0.500. The number of aryl methyl sites for hydroxylation is 1. The fourth-order valence-electron chi connectivity index (χ4n) is 2.65. The van der Waals surface area contributed by atoms with E-state index >= 15 is 0 Å². The van der Waals surface area contributed by atoms with Crippen LogP contribution in [0.15, 0.2) is 12.3 Å². The molecule has 2 aromatic heterocycles. The number of fused-ring (bicyclic) bond motifs is 1. The highest BCUT2D eigenvalue weighted by Crippen LogP contribution is 2.25. The van der Waals surface area contributed by atoms with Crippen molar-refractivity contribution in [3.8, 4) is 0 Å². The maximum Gasteiger partial charge on any atom is 0.220 e. The van der Waals surface area contributed by atoms with Crippen molar-refractivity contribution < 1.29 is 4.79 Å². The van der Waals surface area contributed by atoms with Crippen LogP contribution in [0.25, 0.3) is 11.2 Å². The van der Waals surface area contributed by atoms with Gasteiger partial charge in [0, 0.05) is 25.2 Å². The maximum atomic E-state index is 11.3. The van der Waals surface area contributed by atoms with Gasteiger partial charge in [-0.25, -0.2) is 9.97 Å². The van der Waals surface area contributed by atoms with Crippen LogP contribution in [0.2, 0.25) is 0 Å². The lowest BCUT2D eigenvalue weighted by atomic mass is 10.2. The number of halogens is 1. The molecule has 1 amide bonds. The first-order chi connectivity index (χ1) is 9.54. The third-order valence-electron chi connectivity index (χ3n) is 3.59. The molecule has 106 valence electrons. The monoisotopic (exact) mass is 292 g/mol. The van der Waals surface area contributed by atoms with Gasteiger partial charge in [0.2, 0.25) is 5.91 Å². The molecule has 1 aliphatic heterocycles. The molecule has 0 spiro atoms. The van der Waals surface area contributed by atoms with E-state index in [2.05, 4.69) is 15.3 Å². The molecule has 0 radical (unpaired) electrons. The number of hydrogen-bond acceptors (Lipinski definition) is 3. The van der Waals surface area contributed by atoms with Gasteiger partial charge in [-0.15, -0.1) is 11.6 Å². The summed E-state index contributed by atoms with van der Waals surface area (Å²) in [7, 11) is 0. The quantitative estimate of drug-likeness (QED) is 0.883. The van der Waals surface area contributed by atoms with Crippen molar-refractivity contribution in [1.29, 1.82) is 0 Å². The van der Waals surface area contributed by atoms with Crippen LogP contribution in [-0.2, 0) is 11.3 Å². The van der Waals surface area contributed by atoms with E-state index in [0.29, 0.717) is 13.0 Å². The Morgan fingerprint density at radius 3 is 3.05 bits per heavy atom. The third kappa shape index (κ3) is 2.38. The molecule has 5 nitrogen and oxygen atoms in total. The van der Waals surface area contributed by atoms with Crippen molar-refractivity contribution in [1.82, 2.24) is 19.9 Å². The smallest absolute Gasteiger partial charge is 0.220 e. The number of carbonyl (C=O) groups is 1. The van der Waals surface area contributed by atoms with Crippen molar-refractivity contribution >= 4 is 28.7 Å². The summed E-state index contributed by atoms with van der Waals surface area (Å²) in [6.07, 6.45) is 3.27. The van der Waals surface area contributed by atoms with Gasteiger partial charge in [0.05, 0.1) is 5.38 Å². The minimum atomic E-state index is -0.193. The van der Waals surface area contributed by atoms with Crippen LogP contribution in [0.4, 0.5) is 0 Å². The van der Waals surface area contributed by atoms with Gasteiger partial charge >= 0.3 is 0 Å². The summed E-state index contributed by atoms with van der Waals surface area (Å²) in [6, 6.07) is 2.15. The molecule has 0 bridgehead atoms. The number of nitrogens with zero attached hydrogens (tertiary/aromatic N) is 3. The zero-order valence-corrected chi connectivity index (χ0v) is 12.3. The highest BCUT2D eigenvalue weighted by atomic mass is 35.5. The van der Waals surface area contributed by atoms with Crippen molar-refractivity contribution in [2.75, 3.05) is 0 Å². The molecular formula is C14H17ClN4O. The summed E-state index contributed by atoms with van der Waals surface area (Å²) in [5, 5.41) is 2.78. The van der Waals surface area contributed by atoms with E-state index in [1.807, 2.05) is 30.7 Å². The molecule has 1 saturated heterocycles. The number of pyridine rings is 1. The van der Waals surface area contributed by atoms with E-state index in [1.165, 1.54) is 0 Å². The molecule has 3 heterocycles. The highest BCUT2D eigenvalue weighted by Gasteiger charge is 2.24. The number of nitrogens with one attached hydrogen (secondary N) is 1. The Morgan fingerprint density at radius 1 is 1.60 bits per heavy atom. The number of carbonyl (C=O) groups excluding carboxylic acids is 1. The molecule has 1 N–H and O–H groups in total. The molecule has 0 saturated carbocycles. The van der Waals surface area contributed by atoms with Gasteiger partial charge in [0.15, 0.2) is 5.65 Å². The fourth-order valence-corrected chi connectivity index (χ4v) is 2.81. The minimum absolute atomic E-state index is 0.115.